The molecule has 2 heterocycles. The number of alkyl halides is 1. The Hall–Kier alpha value is -0.763. The summed E-state index contributed by atoms with van der Waals surface area (Å²) in [6, 6.07) is 9.13. The van der Waals surface area contributed by atoms with Gasteiger partial charge in [0.1, 0.15) is 11.7 Å². The molecule has 4 rings (SSSR count). The first-order chi connectivity index (χ1) is 17.7. The van der Waals surface area contributed by atoms with E-state index in [-0.39, 0.29) is 28.1 Å². The van der Waals surface area contributed by atoms with Gasteiger partial charge in [-0.25, -0.2) is 0 Å². The Balaban J connectivity index is 1.98. The smallest absolute Gasteiger partial charge is 0.192 e. The second-order valence-corrected chi connectivity index (χ2v) is 21.5. The second kappa shape index (κ2) is 10.2. The Morgan fingerprint density at radius 1 is 1.03 bits per heavy atom. The minimum atomic E-state index is -2.02. The fourth-order valence-electron chi connectivity index (χ4n) is 6.07. The molecule has 216 valence electrons. The molecule has 0 fully saturated rings. The van der Waals surface area contributed by atoms with Crippen LogP contribution in [0.4, 0.5) is 0 Å². The molecule has 3 atom stereocenters. The van der Waals surface area contributed by atoms with Crippen molar-refractivity contribution in [1.82, 2.24) is 4.98 Å². The Morgan fingerprint density at radius 3 is 2.10 bits per heavy atom. The van der Waals surface area contributed by atoms with Crippen LogP contribution in [0.5, 0.6) is 0 Å². The predicted molar refractivity (Wildman–Crippen MR) is 176 cm³/mol. The number of hydrogen-bond acceptors (Lipinski definition) is 3. The molecular weight excluding hydrogens is 609 g/mol. The van der Waals surface area contributed by atoms with Crippen molar-refractivity contribution in [3.63, 3.8) is 0 Å². The summed E-state index contributed by atoms with van der Waals surface area (Å²) in [5.74, 6) is 0.311. The van der Waals surface area contributed by atoms with E-state index in [1.807, 2.05) is 0 Å². The highest BCUT2D eigenvalue weighted by Gasteiger charge is 2.51. The SMILES string of the molecule is CC(C)c1nc2c(c3c1[C@@H](c1ccc(C(C)(C)C)cc1)OC3(C)CI)[C@@H](O[Si](C)(C)C(C)(C)C)CC(C)(C)C2. The second-order valence-electron chi connectivity index (χ2n) is 15.9. The zero-order chi connectivity index (χ0) is 29.3. The van der Waals surface area contributed by atoms with E-state index < -0.39 is 13.9 Å². The van der Waals surface area contributed by atoms with Crippen LogP contribution in [0.3, 0.4) is 0 Å². The summed E-state index contributed by atoms with van der Waals surface area (Å²) in [4.78, 5) is 5.51. The van der Waals surface area contributed by atoms with E-state index in [1.54, 1.807) is 0 Å². The maximum Gasteiger partial charge on any atom is 0.192 e. The minimum Gasteiger partial charge on any atom is -0.410 e. The van der Waals surface area contributed by atoms with E-state index in [9.17, 15) is 0 Å². The summed E-state index contributed by atoms with van der Waals surface area (Å²) in [6.45, 7) is 30.2. The molecule has 0 amide bonds. The first-order valence-corrected chi connectivity index (χ1v) is 19.2. The highest BCUT2D eigenvalue weighted by Crippen LogP contribution is 2.57. The molecule has 0 N–H and O–H groups in total. The van der Waals surface area contributed by atoms with Crippen molar-refractivity contribution in [2.75, 3.05) is 4.43 Å². The molecule has 0 saturated heterocycles. The third-order valence-corrected chi connectivity index (χ3v) is 15.3. The number of rotatable bonds is 5. The number of nitrogens with zero attached hydrogens (tertiary/aromatic N) is 1. The van der Waals surface area contributed by atoms with Gasteiger partial charge in [0, 0.05) is 26.9 Å². The molecule has 3 nitrogen and oxygen atoms in total. The Morgan fingerprint density at radius 2 is 1.62 bits per heavy atom. The molecular formula is C34H52INO2Si. The van der Waals surface area contributed by atoms with E-state index >= 15 is 0 Å². The van der Waals surface area contributed by atoms with Crippen molar-refractivity contribution >= 4 is 30.9 Å². The Bertz CT molecular complexity index is 1220. The maximum absolute atomic E-state index is 7.30. The van der Waals surface area contributed by atoms with Gasteiger partial charge in [-0.05, 0) is 71.3 Å². The number of benzene rings is 1. The Kier molecular flexibility index (Phi) is 8.15. The van der Waals surface area contributed by atoms with Crippen molar-refractivity contribution in [2.45, 2.75) is 136 Å². The minimum absolute atomic E-state index is 0.0417. The molecule has 5 heteroatoms. The average molecular weight is 662 g/mol. The quantitative estimate of drug-likeness (QED) is 0.182. The van der Waals surface area contributed by atoms with E-state index in [0.29, 0.717) is 5.92 Å². The number of fused-ring (bicyclic) bond motifs is 3. The zero-order valence-corrected chi connectivity index (χ0v) is 30.0. The van der Waals surface area contributed by atoms with Gasteiger partial charge in [0.2, 0.25) is 0 Å². The van der Waals surface area contributed by atoms with Gasteiger partial charge < -0.3 is 9.16 Å². The zero-order valence-electron chi connectivity index (χ0n) is 26.8. The van der Waals surface area contributed by atoms with Gasteiger partial charge in [0.15, 0.2) is 8.32 Å². The van der Waals surface area contributed by atoms with Gasteiger partial charge >= 0.3 is 0 Å². The summed E-state index contributed by atoms with van der Waals surface area (Å²) in [7, 11) is -2.02. The van der Waals surface area contributed by atoms with Gasteiger partial charge in [-0.2, -0.15) is 0 Å². The van der Waals surface area contributed by atoms with Crippen molar-refractivity contribution in [3.05, 3.63) is 63.5 Å². The summed E-state index contributed by atoms with van der Waals surface area (Å²) in [5, 5.41) is 0.142. The molecule has 1 aromatic carbocycles. The van der Waals surface area contributed by atoms with Crippen LogP contribution in [0, 0.1) is 5.41 Å². The monoisotopic (exact) mass is 661 g/mol. The number of halogens is 1. The normalized spacial score (nSPS) is 25.1. The molecule has 1 aliphatic carbocycles. The highest BCUT2D eigenvalue weighted by molar-refractivity contribution is 14.1. The van der Waals surface area contributed by atoms with Crippen LogP contribution in [-0.2, 0) is 26.6 Å². The fourth-order valence-corrected chi connectivity index (χ4v) is 7.90. The lowest BCUT2D eigenvalue weighted by Gasteiger charge is -2.45. The highest BCUT2D eigenvalue weighted by atomic mass is 127. The Labute approximate surface area is 253 Å². The molecule has 0 spiro atoms. The lowest BCUT2D eigenvalue weighted by atomic mass is 9.71. The van der Waals surface area contributed by atoms with E-state index in [2.05, 4.69) is 136 Å². The molecule has 39 heavy (non-hydrogen) atoms. The number of ether oxygens (including phenoxy) is 1. The van der Waals surface area contributed by atoms with Crippen molar-refractivity contribution < 1.29 is 9.16 Å². The lowest BCUT2D eigenvalue weighted by Crippen LogP contribution is -2.44. The summed E-state index contributed by atoms with van der Waals surface area (Å²) in [5.41, 5.74) is 8.88. The van der Waals surface area contributed by atoms with Crippen molar-refractivity contribution in [3.8, 4) is 0 Å². The fraction of sp³-hybridized carbons (Fsp3) is 0.676. The average Bonchev–Trinajstić information content (AvgIpc) is 3.10. The van der Waals surface area contributed by atoms with Crippen LogP contribution in [0.2, 0.25) is 18.1 Å². The lowest BCUT2D eigenvalue weighted by molar-refractivity contribution is -0.0301. The van der Waals surface area contributed by atoms with Gasteiger partial charge in [0.05, 0.1) is 6.10 Å². The van der Waals surface area contributed by atoms with Crippen LogP contribution < -0.4 is 0 Å². The summed E-state index contributed by atoms with van der Waals surface area (Å²) < 4.78 is 15.3. The third kappa shape index (κ3) is 5.81. The van der Waals surface area contributed by atoms with Crippen molar-refractivity contribution in [2.24, 2.45) is 5.41 Å². The molecule has 2 aromatic rings. The van der Waals surface area contributed by atoms with Crippen LogP contribution in [0.25, 0.3) is 0 Å². The van der Waals surface area contributed by atoms with Gasteiger partial charge in [-0.3, -0.25) is 4.98 Å². The molecule has 1 unspecified atom stereocenters. The van der Waals surface area contributed by atoms with E-state index in [0.717, 1.165) is 17.3 Å². The van der Waals surface area contributed by atoms with Gasteiger partial charge in [-0.15, -0.1) is 0 Å². The van der Waals surface area contributed by atoms with Gasteiger partial charge in [-0.1, -0.05) is 116 Å². The molecule has 0 saturated carbocycles. The topological polar surface area (TPSA) is 31.4 Å². The summed E-state index contributed by atoms with van der Waals surface area (Å²) in [6.07, 6.45) is 1.92. The third-order valence-electron chi connectivity index (χ3n) is 9.38. The van der Waals surface area contributed by atoms with Crippen LogP contribution in [0.1, 0.15) is 140 Å². The maximum atomic E-state index is 7.30. The first-order valence-electron chi connectivity index (χ1n) is 14.8. The number of hydrogen-bond donors (Lipinski definition) is 0. The molecule has 0 radical (unpaired) electrons. The molecule has 0 bridgehead atoms. The number of aromatic nitrogens is 1. The van der Waals surface area contributed by atoms with Crippen LogP contribution >= 0.6 is 22.6 Å². The first kappa shape index (κ1) is 31.2. The molecule has 2 aliphatic rings. The summed E-state index contributed by atoms with van der Waals surface area (Å²) >= 11 is 2.53. The largest absolute Gasteiger partial charge is 0.410 e. The van der Waals surface area contributed by atoms with Crippen molar-refractivity contribution in [1.29, 1.82) is 0 Å². The standard InChI is InChI=1S/C34H52INO2Si/c1-21(2)29-27-28(34(11,20-35)37-30(27)22-14-16-23(17-15-22)31(3,4)5)26-24(36-29)18-33(9,10)19-25(26)38-39(12,13)32(6,7)8/h14-17,21,25,30H,18-20H2,1-13H3/t25-,30+,34?/m0/s1. The predicted octanol–water partition coefficient (Wildman–Crippen LogP) is 10.3. The van der Waals surface area contributed by atoms with Crippen LogP contribution in [0.15, 0.2) is 24.3 Å². The van der Waals surface area contributed by atoms with Gasteiger partial charge in [0.25, 0.3) is 0 Å². The van der Waals surface area contributed by atoms with E-state index in [4.69, 9.17) is 14.1 Å². The molecule has 1 aromatic heterocycles. The number of pyridine rings is 1. The molecule has 1 aliphatic heterocycles. The van der Waals surface area contributed by atoms with E-state index in [1.165, 1.54) is 39.2 Å². The van der Waals surface area contributed by atoms with Crippen LogP contribution in [-0.4, -0.2) is 17.7 Å².